The van der Waals surface area contributed by atoms with Crippen LogP contribution in [0.2, 0.25) is 0 Å². The van der Waals surface area contributed by atoms with Gasteiger partial charge >= 0.3 is 0 Å². The van der Waals surface area contributed by atoms with Crippen molar-refractivity contribution in [2.24, 2.45) is 0 Å². The van der Waals surface area contributed by atoms with Gasteiger partial charge in [-0.15, -0.1) is 0 Å². The second kappa shape index (κ2) is 6.37. The number of carbonyl (C=O) groups is 1. The number of benzene rings is 1. The average Bonchev–Trinajstić information content (AvgIpc) is 2.81. The molecule has 0 unspecified atom stereocenters. The maximum Gasteiger partial charge on any atom is 0.156 e. The molecule has 0 saturated carbocycles. The van der Waals surface area contributed by atoms with E-state index in [1.165, 1.54) is 17.7 Å². The molecule has 1 fully saturated rings. The Labute approximate surface area is 115 Å². The molecule has 2 nitrogen and oxygen atoms in total. The summed E-state index contributed by atoms with van der Waals surface area (Å²) in [5.74, 6) is 0.154. The fraction of sp³-hybridized carbons (Fsp3) is 0.353. The first-order valence-electron chi connectivity index (χ1n) is 6.82. The molecular formula is C17H21NO. The van der Waals surface area contributed by atoms with Crippen molar-refractivity contribution in [3.63, 3.8) is 0 Å². The van der Waals surface area contributed by atoms with Crippen molar-refractivity contribution in [1.29, 1.82) is 0 Å². The molecule has 1 saturated heterocycles. The smallest absolute Gasteiger partial charge is 0.156 e. The highest BCUT2D eigenvalue weighted by atomic mass is 16.1. The molecule has 0 aromatic heterocycles. The highest BCUT2D eigenvalue weighted by molar-refractivity contribution is 5.94. The van der Waals surface area contributed by atoms with E-state index in [0.29, 0.717) is 6.42 Å². The van der Waals surface area contributed by atoms with Gasteiger partial charge in [0.2, 0.25) is 0 Å². The molecule has 1 aromatic rings. The van der Waals surface area contributed by atoms with Crippen LogP contribution >= 0.6 is 0 Å². The Kier molecular flexibility index (Phi) is 4.56. The van der Waals surface area contributed by atoms with Crippen molar-refractivity contribution >= 4 is 5.78 Å². The number of rotatable bonds is 4. The lowest BCUT2D eigenvalue weighted by atomic mass is 10.0. The molecule has 1 heterocycles. The average molecular weight is 255 g/mol. The van der Waals surface area contributed by atoms with E-state index in [1.54, 1.807) is 6.92 Å². The summed E-state index contributed by atoms with van der Waals surface area (Å²) < 4.78 is 0. The number of Topliss-reactive ketones (excluding diaryl/α,β-unsaturated/α-hetero) is 1. The molecule has 0 amide bonds. The van der Waals surface area contributed by atoms with Crippen molar-refractivity contribution in [1.82, 2.24) is 4.90 Å². The van der Waals surface area contributed by atoms with E-state index in [0.717, 1.165) is 18.5 Å². The number of hydrogen-bond donors (Lipinski definition) is 0. The molecule has 19 heavy (non-hydrogen) atoms. The predicted octanol–water partition coefficient (Wildman–Crippen LogP) is 3.35. The third kappa shape index (κ3) is 3.82. The molecule has 2 heteroatoms. The molecule has 1 aliphatic rings. The highest BCUT2D eigenvalue weighted by Crippen LogP contribution is 2.19. The minimum absolute atomic E-state index is 0.154. The lowest BCUT2D eigenvalue weighted by Crippen LogP contribution is -2.09. The van der Waals surface area contributed by atoms with E-state index in [9.17, 15) is 4.79 Å². The summed E-state index contributed by atoms with van der Waals surface area (Å²) in [4.78, 5) is 14.0. The maximum absolute atomic E-state index is 11.7. The van der Waals surface area contributed by atoms with Crippen molar-refractivity contribution in [3.8, 4) is 0 Å². The van der Waals surface area contributed by atoms with Gasteiger partial charge in [0.15, 0.2) is 5.78 Å². The SMILES string of the molecule is CC(=O)/C(=C/C=C1/CCCN1C)Cc1ccccc1. The number of nitrogens with zero attached hydrogens (tertiary/aromatic N) is 1. The zero-order valence-corrected chi connectivity index (χ0v) is 11.7. The minimum atomic E-state index is 0.154. The summed E-state index contributed by atoms with van der Waals surface area (Å²) in [5, 5.41) is 0. The highest BCUT2D eigenvalue weighted by Gasteiger charge is 2.11. The molecule has 0 aliphatic carbocycles. The van der Waals surface area contributed by atoms with Gasteiger partial charge in [-0.1, -0.05) is 36.4 Å². The number of likely N-dealkylation sites (tertiary alicyclic amines) is 1. The van der Waals surface area contributed by atoms with Gasteiger partial charge in [-0.2, -0.15) is 0 Å². The number of ketones is 1. The van der Waals surface area contributed by atoms with E-state index in [-0.39, 0.29) is 5.78 Å². The molecule has 0 radical (unpaired) electrons. The van der Waals surface area contributed by atoms with Crippen LogP contribution in [0.5, 0.6) is 0 Å². The van der Waals surface area contributed by atoms with Gasteiger partial charge in [0.1, 0.15) is 0 Å². The summed E-state index contributed by atoms with van der Waals surface area (Å²) in [6, 6.07) is 10.1. The Hall–Kier alpha value is -1.83. The van der Waals surface area contributed by atoms with Crippen LogP contribution in [0.3, 0.4) is 0 Å². The molecular weight excluding hydrogens is 234 g/mol. The van der Waals surface area contributed by atoms with E-state index in [4.69, 9.17) is 0 Å². The van der Waals surface area contributed by atoms with E-state index in [1.807, 2.05) is 24.3 Å². The lowest BCUT2D eigenvalue weighted by Gasteiger charge is -2.11. The van der Waals surface area contributed by atoms with Crippen molar-refractivity contribution in [3.05, 3.63) is 59.3 Å². The molecule has 100 valence electrons. The van der Waals surface area contributed by atoms with Gasteiger partial charge < -0.3 is 4.90 Å². The van der Waals surface area contributed by atoms with Crippen LogP contribution < -0.4 is 0 Å². The summed E-state index contributed by atoms with van der Waals surface area (Å²) in [7, 11) is 2.11. The first-order valence-corrected chi connectivity index (χ1v) is 6.82. The zero-order valence-electron chi connectivity index (χ0n) is 11.7. The molecule has 1 aliphatic heterocycles. The summed E-state index contributed by atoms with van der Waals surface area (Å²) >= 11 is 0. The molecule has 0 atom stereocenters. The van der Waals surface area contributed by atoms with Crippen LogP contribution in [-0.2, 0) is 11.2 Å². The molecule has 0 spiro atoms. The molecule has 0 bridgehead atoms. The van der Waals surface area contributed by atoms with E-state index in [2.05, 4.69) is 30.2 Å². The fourth-order valence-electron chi connectivity index (χ4n) is 2.36. The van der Waals surface area contributed by atoms with E-state index >= 15 is 0 Å². The number of allylic oxidation sites excluding steroid dienone is 4. The number of carbonyl (C=O) groups excluding carboxylic acids is 1. The number of hydrogen-bond acceptors (Lipinski definition) is 2. The Balaban J connectivity index is 2.14. The van der Waals surface area contributed by atoms with Crippen LogP contribution in [0.4, 0.5) is 0 Å². The van der Waals surface area contributed by atoms with Gasteiger partial charge in [-0.05, 0) is 37.0 Å². The summed E-state index contributed by atoms with van der Waals surface area (Å²) in [6.45, 7) is 2.76. The van der Waals surface area contributed by atoms with Crippen molar-refractivity contribution < 1.29 is 4.79 Å². The third-order valence-electron chi connectivity index (χ3n) is 3.58. The Bertz CT molecular complexity index is 499. The quantitative estimate of drug-likeness (QED) is 0.769. The largest absolute Gasteiger partial charge is 0.378 e. The van der Waals surface area contributed by atoms with Crippen LogP contribution in [0, 0.1) is 0 Å². The van der Waals surface area contributed by atoms with Gasteiger partial charge in [0, 0.05) is 25.7 Å². The maximum atomic E-state index is 11.7. The predicted molar refractivity (Wildman–Crippen MR) is 78.9 cm³/mol. The van der Waals surface area contributed by atoms with Crippen LogP contribution in [-0.4, -0.2) is 24.3 Å². The topological polar surface area (TPSA) is 20.3 Å². The minimum Gasteiger partial charge on any atom is -0.378 e. The van der Waals surface area contributed by atoms with Crippen LogP contribution in [0.15, 0.2) is 53.8 Å². The van der Waals surface area contributed by atoms with Gasteiger partial charge in [0.05, 0.1) is 0 Å². The summed E-state index contributed by atoms with van der Waals surface area (Å²) in [5.41, 5.74) is 3.38. The van der Waals surface area contributed by atoms with Crippen molar-refractivity contribution in [2.75, 3.05) is 13.6 Å². The normalized spacial score (nSPS) is 18.1. The first kappa shape index (κ1) is 13.6. The second-order valence-electron chi connectivity index (χ2n) is 5.09. The first-order chi connectivity index (χ1) is 9.16. The Morgan fingerprint density at radius 2 is 2.05 bits per heavy atom. The van der Waals surface area contributed by atoms with Gasteiger partial charge in [-0.25, -0.2) is 0 Å². The van der Waals surface area contributed by atoms with Gasteiger partial charge in [0.25, 0.3) is 0 Å². The fourth-order valence-corrected chi connectivity index (χ4v) is 2.36. The lowest BCUT2D eigenvalue weighted by molar-refractivity contribution is -0.113. The Morgan fingerprint density at radius 1 is 1.32 bits per heavy atom. The summed E-state index contributed by atoms with van der Waals surface area (Å²) in [6.07, 6.45) is 7.14. The zero-order chi connectivity index (χ0) is 13.7. The van der Waals surface area contributed by atoms with Crippen LogP contribution in [0.1, 0.15) is 25.3 Å². The Morgan fingerprint density at radius 3 is 2.63 bits per heavy atom. The monoisotopic (exact) mass is 255 g/mol. The van der Waals surface area contributed by atoms with E-state index < -0.39 is 0 Å². The van der Waals surface area contributed by atoms with Crippen LogP contribution in [0.25, 0.3) is 0 Å². The van der Waals surface area contributed by atoms with Gasteiger partial charge in [-0.3, -0.25) is 4.79 Å². The second-order valence-corrected chi connectivity index (χ2v) is 5.09. The standard InChI is InChI=1S/C17H21NO/c1-14(19)16(13-15-7-4-3-5-8-15)10-11-17-9-6-12-18(17)2/h3-5,7-8,10-11H,6,9,12-13H2,1-2H3/b16-10+,17-11-. The van der Waals surface area contributed by atoms with Crippen molar-refractivity contribution in [2.45, 2.75) is 26.2 Å². The third-order valence-corrected chi connectivity index (χ3v) is 3.58. The molecule has 2 rings (SSSR count). The molecule has 0 N–H and O–H groups in total. The molecule has 1 aromatic carbocycles.